The maximum Gasteiger partial charge on any atom is 0.338 e. The van der Waals surface area contributed by atoms with Crippen LogP contribution in [0.25, 0.3) is 0 Å². The summed E-state index contributed by atoms with van der Waals surface area (Å²) in [6.07, 6.45) is 1.85. The molecule has 2 fully saturated rings. The Morgan fingerprint density at radius 1 is 0.889 bits per heavy atom. The van der Waals surface area contributed by atoms with Crippen LogP contribution in [0.2, 0.25) is 36.3 Å². The Morgan fingerprint density at radius 2 is 1.52 bits per heavy atom. The molecular weight excluding hydrogens is 713 g/mol. The Labute approximate surface area is 328 Å². The molecule has 54 heavy (non-hydrogen) atoms. The van der Waals surface area contributed by atoms with Gasteiger partial charge >= 0.3 is 5.97 Å². The van der Waals surface area contributed by atoms with Crippen LogP contribution in [0.15, 0.2) is 53.1 Å². The van der Waals surface area contributed by atoms with Gasteiger partial charge in [0, 0.05) is 5.41 Å². The standard InChI is InChI=1S/C44H72O8Si2/c1-11-53(12-2,13-3)49-28-32-26-37(51-42-40(46)39(45)36(29-48-42)52-54(14-4,15-5)16-6)44(10)25-24-43(9)23-22-33(30(7)8)38(43)34(44)27-35(32)50-41(47)31-20-18-17-19-21-31/h17-21,26,30,34-37,39-40,42,45-46H,11-16,22-25,27-29H2,1-10H3/t34-,35-,36-,37+,39+,40-,42+,43-,44-/m1/s1. The summed E-state index contributed by atoms with van der Waals surface area (Å²) in [5.74, 6) is 0.117. The van der Waals surface area contributed by atoms with Gasteiger partial charge in [0.25, 0.3) is 0 Å². The summed E-state index contributed by atoms with van der Waals surface area (Å²) in [4.78, 5) is 13.9. The van der Waals surface area contributed by atoms with Crippen molar-refractivity contribution < 1.29 is 38.1 Å². The number of hydrogen-bond donors (Lipinski definition) is 2. The molecule has 1 aromatic rings. The topological polar surface area (TPSA) is 104 Å². The van der Waals surface area contributed by atoms with E-state index in [2.05, 4.69) is 75.3 Å². The maximum absolute atomic E-state index is 13.9. The molecule has 1 aromatic carbocycles. The number of aliphatic hydroxyl groups excluding tert-OH is 2. The molecule has 1 saturated carbocycles. The van der Waals surface area contributed by atoms with E-state index in [1.807, 2.05) is 30.3 Å². The first kappa shape index (κ1) is 43.5. The van der Waals surface area contributed by atoms with Gasteiger partial charge < -0.3 is 33.3 Å². The van der Waals surface area contributed by atoms with E-state index >= 15 is 0 Å². The first-order valence-electron chi connectivity index (χ1n) is 21.3. The number of fused-ring (bicyclic) bond motifs is 3. The van der Waals surface area contributed by atoms with Crippen LogP contribution in [0, 0.1) is 22.7 Å². The van der Waals surface area contributed by atoms with Crippen molar-refractivity contribution in [2.24, 2.45) is 22.7 Å². The predicted octanol–water partition coefficient (Wildman–Crippen LogP) is 9.59. The van der Waals surface area contributed by atoms with Crippen LogP contribution < -0.4 is 0 Å². The van der Waals surface area contributed by atoms with Gasteiger partial charge in [-0.05, 0) is 103 Å². The van der Waals surface area contributed by atoms with Gasteiger partial charge in [0.2, 0.25) is 0 Å². The Hall–Kier alpha value is -1.64. The highest BCUT2D eigenvalue weighted by Crippen LogP contribution is 2.64. The van der Waals surface area contributed by atoms with Gasteiger partial charge in [0.15, 0.2) is 22.9 Å². The minimum Gasteiger partial charge on any atom is -0.454 e. The minimum absolute atomic E-state index is 0.0565. The predicted molar refractivity (Wildman–Crippen MR) is 220 cm³/mol. The monoisotopic (exact) mass is 784 g/mol. The van der Waals surface area contributed by atoms with E-state index in [9.17, 15) is 15.0 Å². The van der Waals surface area contributed by atoms with Crippen LogP contribution in [0.1, 0.15) is 112 Å². The molecule has 1 aliphatic heterocycles. The molecule has 1 heterocycles. The van der Waals surface area contributed by atoms with Gasteiger partial charge in [-0.1, -0.05) is 105 Å². The van der Waals surface area contributed by atoms with Crippen LogP contribution in [-0.4, -0.2) is 82.8 Å². The SMILES string of the molecule is CC[Si](CC)(CC)OCC1=C[C@H](O[C@@H]2OC[C@@H](O[Si](CC)(CC)CC)[C@H](O)[C@H]2O)[C@]2(C)CC[C@@]3(C)CCC(C(C)C)=C3[C@H]2C[C@H]1OC(=O)c1ccccc1. The van der Waals surface area contributed by atoms with E-state index in [4.69, 9.17) is 23.1 Å². The van der Waals surface area contributed by atoms with Gasteiger partial charge in [-0.3, -0.25) is 0 Å². The lowest BCUT2D eigenvalue weighted by Gasteiger charge is -2.53. The Kier molecular flexibility index (Phi) is 14.4. The van der Waals surface area contributed by atoms with E-state index in [1.165, 1.54) is 11.1 Å². The number of ether oxygens (including phenoxy) is 3. The van der Waals surface area contributed by atoms with Crippen molar-refractivity contribution >= 4 is 22.6 Å². The molecule has 4 aliphatic rings. The maximum atomic E-state index is 13.9. The van der Waals surface area contributed by atoms with E-state index < -0.39 is 58.9 Å². The highest BCUT2D eigenvalue weighted by Gasteiger charge is 2.57. The molecule has 0 bridgehead atoms. The van der Waals surface area contributed by atoms with E-state index in [0.717, 1.165) is 67.5 Å². The molecular formula is C44H72O8Si2. The number of aliphatic hydroxyl groups is 2. The fourth-order valence-electron chi connectivity index (χ4n) is 10.2. The quantitative estimate of drug-likeness (QED) is 0.0971. The largest absolute Gasteiger partial charge is 0.454 e. The first-order chi connectivity index (χ1) is 25.7. The lowest BCUT2D eigenvalue weighted by atomic mass is 9.54. The van der Waals surface area contributed by atoms with Crippen molar-refractivity contribution in [1.29, 1.82) is 0 Å². The molecule has 2 N–H and O–H groups in total. The molecule has 1 saturated heterocycles. The lowest BCUT2D eigenvalue weighted by Crippen LogP contribution is -2.59. The first-order valence-corrected chi connectivity index (χ1v) is 26.4. The van der Waals surface area contributed by atoms with Gasteiger partial charge in [-0.25, -0.2) is 4.79 Å². The molecule has 0 aromatic heterocycles. The van der Waals surface area contributed by atoms with Crippen molar-refractivity contribution in [2.75, 3.05) is 13.2 Å². The number of carbonyl (C=O) groups excluding carboxylic acids is 1. The summed E-state index contributed by atoms with van der Waals surface area (Å²) >= 11 is 0. The molecule has 0 radical (unpaired) electrons. The number of allylic oxidation sites excluding steroid dienone is 2. The highest BCUT2D eigenvalue weighted by molar-refractivity contribution is 6.74. The second kappa shape index (κ2) is 17.9. The third kappa shape index (κ3) is 8.61. The van der Waals surface area contributed by atoms with Crippen molar-refractivity contribution in [2.45, 2.75) is 174 Å². The number of esters is 1. The van der Waals surface area contributed by atoms with Gasteiger partial charge in [0.1, 0.15) is 18.3 Å². The van der Waals surface area contributed by atoms with Crippen LogP contribution in [0.4, 0.5) is 0 Å². The van der Waals surface area contributed by atoms with Crippen LogP contribution in [0.5, 0.6) is 0 Å². The third-order valence-corrected chi connectivity index (χ3v) is 24.0. The van der Waals surface area contributed by atoms with Gasteiger partial charge in [-0.2, -0.15) is 0 Å². The second-order valence-electron chi connectivity index (χ2n) is 17.6. The number of hydrogen-bond acceptors (Lipinski definition) is 8. The van der Waals surface area contributed by atoms with Crippen molar-refractivity contribution in [3.05, 3.63) is 58.7 Å². The zero-order chi connectivity index (χ0) is 39.5. The van der Waals surface area contributed by atoms with E-state index in [0.29, 0.717) is 24.5 Å². The second-order valence-corrected chi connectivity index (χ2v) is 27.1. The van der Waals surface area contributed by atoms with E-state index in [-0.39, 0.29) is 23.9 Å². The number of benzene rings is 1. The van der Waals surface area contributed by atoms with Crippen LogP contribution >= 0.6 is 0 Å². The fraction of sp³-hybridized carbons (Fsp3) is 0.750. The van der Waals surface area contributed by atoms with Crippen molar-refractivity contribution in [3.63, 3.8) is 0 Å². The molecule has 3 aliphatic carbocycles. The fourth-order valence-corrected chi connectivity index (χ4v) is 15.6. The summed E-state index contributed by atoms with van der Waals surface area (Å²) in [5, 5.41) is 23.2. The Balaban J connectivity index is 1.58. The summed E-state index contributed by atoms with van der Waals surface area (Å²) in [6.45, 7) is 23.0. The third-order valence-electron chi connectivity index (χ3n) is 14.7. The Bertz CT molecular complexity index is 1460. The Morgan fingerprint density at radius 3 is 2.11 bits per heavy atom. The van der Waals surface area contributed by atoms with Crippen LogP contribution in [0.3, 0.4) is 0 Å². The summed E-state index contributed by atoms with van der Waals surface area (Å²) in [5.41, 5.74) is 4.13. The highest BCUT2D eigenvalue weighted by atomic mass is 28.4. The molecule has 304 valence electrons. The summed E-state index contributed by atoms with van der Waals surface area (Å²) in [6, 6.07) is 15.1. The van der Waals surface area contributed by atoms with Gasteiger partial charge in [-0.15, -0.1) is 0 Å². The average molecular weight is 785 g/mol. The normalized spacial score (nSPS) is 33.3. The van der Waals surface area contributed by atoms with E-state index in [1.54, 1.807) is 0 Å². The van der Waals surface area contributed by atoms with Gasteiger partial charge in [0.05, 0.1) is 31.0 Å². The zero-order valence-electron chi connectivity index (χ0n) is 35.1. The number of carbonyl (C=O) groups is 1. The molecule has 10 heteroatoms. The molecule has 0 amide bonds. The summed E-state index contributed by atoms with van der Waals surface area (Å²) < 4.78 is 33.6. The lowest BCUT2D eigenvalue weighted by molar-refractivity contribution is -0.287. The number of rotatable bonds is 16. The smallest absolute Gasteiger partial charge is 0.338 e. The summed E-state index contributed by atoms with van der Waals surface area (Å²) in [7, 11) is -4.10. The molecule has 5 rings (SSSR count). The molecule has 9 atom stereocenters. The van der Waals surface area contributed by atoms with Crippen molar-refractivity contribution in [3.8, 4) is 0 Å². The minimum atomic E-state index is -2.07. The zero-order valence-corrected chi connectivity index (χ0v) is 37.1. The molecule has 0 spiro atoms. The average Bonchev–Trinajstić information content (AvgIpc) is 3.50. The molecule has 8 nitrogen and oxygen atoms in total. The molecule has 0 unspecified atom stereocenters. The van der Waals surface area contributed by atoms with Crippen LogP contribution in [-0.2, 0) is 23.1 Å². The van der Waals surface area contributed by atoms with Crippen molar-refractivity contribution in [1.82, 2.24) is 0 Å².